The molecule has 22 atom stereocenters. The maximum Gasteiger partial charge on any atom is 0.373 e. The molecule has 8 unspecified atom stereocenters. The highest BCUT2D eigenvalue weighted by molar-refractivity contribution is 5.78. The summed E-state index contributed by atoms with van der Waals surface area (Å²) in [6.45, 7) is 2.29. The molecule has 0 saturated carbocycles. The Bertz CT molecular complexity index is 1420. The van der Waals surface area contributed by atoms with Crippen LogP contribution in [0.2, 0.25) is 0 Å². The van der Waals surface area contributed by atoms with Crippen LogP contribution >= 0.6 is 0 Å². The number of ether oxygens (including phenoxy) is 7. The van der Waals surface area contributed by atoms with Crippen LogP contribution in [0.4, 0.5) is 0 Å². The SMILES string of the molecule is CC(C)=NO[C@@H]1OC(CO)[C@@H](O[C@@H]2OC(CO)[C@H](O)[C@H](O[C@@H]3CC(O)[C@@H](C)C([C@H](O)[C@@H](CO)O[C@]4(C(=O)O)CC(O)[C@@H](C)C([C@H](O)[C@H](O)CO)O4)O3)C2O)[C@H](O)C1O.O=C=O. The van der Waals surface area contributed by atoms with Crippen molar-refractivity contribution in [3.8, 4) is 0 Å². The lowest BCUT2D eigenvalue weighted by molar-refractivity contribution is -0.375. The van der Waals surface area contributed by atoms with Gasteiger partial charge in [-0.05, 0) is 13.8 Å². The Labute approximate surface area is 347 Å². The third-order valence-corrected chi connectivity index (χ3v) is 10.9. The van der Waals surface area contributed by atoms with Gasteiger partial charge in [0, 0.05) is 24.7 Å². The van der Waals surface area contributed by atoms with Gasteiger partial charge in [-0.2, -0.15) is 9.59 Å². The first-order valence-corrected chi connectivity index (χ1v) is 19.3. The van der Waals surface area contributed by atoms with Crippen molar-refractivity contribution in [2.45, 2.75) is 163 Å². The quantitative estimate of drug-likeness (QED) is 0.0476. The van der Waals surface area contributed by atoms with Gasteiger partial charge < -0.3 is 109 Å². The van der Waals surface area contributed by atoms with Crippen LogP contribution in [0.5, 0.6) is 0 Å². The molecule has 0 bridgehead atoms. The number of rotatable bonds is 17. The highest BCUT2D eigenvalue weighted by Crippen LogP contribution is 2.39. The Morgan fingerprint density at radius 2 is 1.34 bits per heavy atom. The zero-order chi connectivity index (χ0) is 46.1. The monoisotopic (exact) mass is 893 g/mol. The molecule has 4 rings (SSSR count). The lowest BCUT2D eigenvalue weighted by Crippen LogP contribution is -2.66. The molecule has 0 aromatic heterocycles. The molecule has 4 saturated heterocycles. The maximum absolute atomic E-state index is 12.6. The summed E-state index contributed by atoms with van der Waals surface area (Å²) in [5.41, 5.74) is 0.442. The minimum absolute atomic E-state index is 0.250. The first-order chi connectivity index (χ1) is 28.7. The number of oxime groups is 1. The number of nitrogens with zero attached hydrogens (tertiary/aromatic N) is 1. The van der Waals surface area contributed by atoms with E-state index in [4.69, 9.17) is 47.6 Å². The number of carboxylic acid groups (broad SMARTS) is 1. The standard InChI is InChI=1S/C34H59NO23.CO2/c1-11(2)35-58-32-25(47)24(46)29(19(10-39)52-32)55-31-26(48)30(22(44)17(8-37)51-31)54-20-5-14(40)12(3)27(53-20)23(45)18(9-38)56-34(33(49)50)6-15(41)13(4)28(57-34)21(43)16(42)7-36;2-1-3/h12-32,36-48H,5-10H2,1-4H3,(H,49,50);/t12-,13-,14?,15?,16-,17?,18-,19?,20-,21-,22+,23-,24-,25?,26?,27?,28?,29-,30+,31+,32+,34-;/m1./s1. The van der Waals surface area contributed by atoms with Gasteiger partial charge in [0.05, 0.1) is 56.6 Å². The molecule has 0 aliphatic carbocycles. The number of aliphatic hydroxyl groups is 13. The van der Waals surface area contributed by atoms with Crippen LogP contribution < -0.4 is 0 Å². The Kier molecular flexibility index (Phi) is 20.3. The number of carbonyl (C=O) groups is 1. The Morgan fingerprint density at radius 3 is 1.89 bits per heavy atom. The predicted molar refractivity (Wildman–Crippen MR) is 191 cm³/mol. The largest absolute Gasteiger partial charge is 0.477 e. The summed E-state index contributed by atoms with van der Waals surface area (Å²) < 4.78 is 39.8. The van der Waals surface area contributed by atoms with Gasteiger partial charge in [0.15, 0.2) is 12.6 Å². The first-order valence-electron chi connectivity index (χ1n) is 19.3. The zero-order valence-electron chi connectivity index (χ0n) is 33.6. The normalized spacial score (nSPS) is 42.4. The maximum atomic E-state index is 12.6. The van der Waals surface area contributed by atoms with E-state index in [0.717, 1.165) is 0 Å². The van der Waals surface area contributed by atoms with Gasteiger partial charge in [-0.25, -0.2) is 4.79 Å². The predicted octanol–water partition coefficient (Wildman–Crippen LogP) is -7.41. The highest BCUT2D eigenvalue weighted by Gasteiger charge is 2.57. The number of aliphatic carboxylic acids is 1. The second kappa shape index (κ2) is 23.4. The summed E-state index contributed by atoms with van der Waals surface area (Å²) in [5.74, 6) is -6.67. The fraction of sp³-hybridized carbons (Fsp3) is 0.914. The van der Waals surface area contributed by atoms with E-state index in [1.807, 2.05) is 0 Å². The van der Waals surface area contributed by atoms with Gasteiger partial charge in [-0.15, -0.1) is 0 Å². The fourth-order valence-electron chi connectivity index (χ4n) is 7.28. The summed E-state index contributed by atoms with van der Waals surface area (Å²) >= 11 is 0. The summed E-state index contributed by atoms with van der Waals surface area (Å²) in [7, 11) is 0. The van der Waals surface area contributed by atoms with Gasteiger partial charge in [-0.1, -0.05) is 19.0 Å². The van der Waals surface area contributed by atoms with E-state index >= 15 is 0 Å². The van der Waals surface area contributed by atoms with E-state index in [9.17, 15) is 76.3 Å². The number of hydrogen-bond donors (Lipinski definition) is 14. The topological polar surface area (TPSA) is 421 Å². The second-order valence-electron chi connectivity index (χ2n) is 15.4. The van der Waals surface area contributed by atoms with E-state index in [1.54, 1.807) is 13.8 Å². The van der Waals surface area contributed by atoms with Crippen molar-refractivity contribution in [1.82, 2.24) is 0 Å². The fourth-order valence-corrected chi connectivity index (χ4v) is 7.28. The van der Waals surface area contributed by atoms with Crippen LogP contribution in [-0.4, -0.2) is 238 Å². The average molecular weight is 894 g/mol. The van der Waals surface area contributed by atoms with Crippen LogP contribution in [0.15, 0.2) is 5.16 Å². The smallest absolute Gasteiger partial charge is 0.373 e. The van der Waals surface area contributed by atoms with Crippen molar-refractivity contribution in [3.63, 3.8) is 0 Å². The van der Waals surface area contributed by atoms with Crippen LogP contribution in [0.1, 0.15) is 40.5 Å². The van der Waals surface area contributed by atoms with E-state index in [1.165, 1.54) is 13.8 Å². The van der Waals surface area contributed by atoms with E-state index in [2.05, 4.69) is 5.16 Å². The molecule has 0 aromatic rings. The lowest BCUT2D eigenvalue weighted by atomic mass is 9.84. The van der Waals surface area contributed by atoms with Crippen molar-refractivity contribution in [3.05, 3.63) is 0 Å². The molecule has 354 valence electrons. The van der Waals surface area contributed by atoms with Crippen LogP contribution in [0.25, 0.3) is 0 Å². The molecule has 4 heterocycles. The number of carbonyl (C=O) groups excluding carboxylic acids is 2. The van der Waals surface area contributed by atoms with Crippen LogP contribution in [-0.2, 0) is 52.4 Å². The van der Waals surface area contributed by atoms with Crippen molar-refractivity contribution in [1.29, 1.82) is 0 Å². The van der Waals surface area contributed by atoms with Crippen molar-refractivity contribution in [2.24, 2.45) is 17.0 Å². The summed E-state index contributed by atoms with van der Waals surface area (Å²) in [5, 5.41) is 151. The Balaban J connectivity index is 0.00000321. The molecule has 0 spiro atoms. The van der Waals surface area contributed by atoms with Crippen molar-refractivity contribution in [2.75, 3.05) is 26.4 Å². The van der Waals surface area contributed by atoms with Crippen LogP contribution in [0, 0.1) is 11.8 Å². The zero-order valence-corrected chi connectivity index (χ0v) is 33.6. The average Bonchev–Trinajstić information content (AvgIpc) is 3.22. The van der Waals surface area contributed by atoms with Crippen LogP contribution in [0.3, 0.4) is 0 Å². The molecular formula is C35H59NO25. The molecule has 14 N–H and O–H groups in total. The third kappa shape index (κ3) is 12.4. The van der Waals surface area contributed by atoms with Gasteiger partial charge in [0.2, 0.25) is 0 Å². The van der Waals surface area contributed by atoms with E-state index in [-0.39, 0.29) is 12.6 Å². The van der Waals surface area contributed by atoms with Crippen molar-refractivity contribution >= 4 is 17.8 Å². The molecular weight excluding hydrogens is 834 g/mol. The Morgan fingerprint density at radius 1 is 0.754 bits per heavy atom. The van der Waals surface area contributed by atoms with E-state index in [0.29, 0.717) is 5.71 Å². The van der Waals surface area contributed by atoms with Crippen molar-refractivity contribution < 1.29 is 124 Å². The molecule has 0 amide bonds. The summed E-state index contributed by atoms with van der Waals surface area (Å²) in [4.78, 5) is 34.0. The molecule has 4 aliphatic heterocycles. The van der Waals surface area contributed by atoms with Gasteiger partial charge in [-0.3, -0.25) is 0 Å². The summed E-state index contributed by atoms with van der Waals surface area (Å²) in [6, 6.07) is 0. The minimum Gasteiger partial charge on any atom is -0.477 e. The van der Waals surface area contributed by atoms with Gasteiger partial charge in [0.25, 0.3) is 12.1 Å². The summed E-state index contributed by atoms with van der Waals surface area (Å²) in [6.07, 6.45) is -33.2. The van der Waals surface area contributed by atoms with Gasteiger partial charge >= 0.3 is 12.1 Å². The third-order valence-electron chi connectivity index (χ3n) is 10.9. The number of hydrogen-bond acceptors (Lipinski definition) is 25. The first kappa shape index (κ1) is 52.9. The van der Waals surface area contributed by atoms with Gasteiger partial charge in [0.1, 0.15) is 73.2 Å². The molecule has 26 heteroatoms. The lowest BCUT2D eigenvalue weighted by Gasteiger charge is -2.49. The highest BCUT2D eigenvalue weighted by atomic mass is 16.8. The Hall–Kier alpha value is -2.48. The molecule has 61 heavy (non-hydrogen) atoms. The number of carboxylic acids is 1. The molecule has 0 aromatic carbocycles. The number of aliphatic hydroxyl groups excluding tert-OH is 13. The molecule has 4 aliphatic rings. The molecule has 26 nitrogen and oxygen atoms in total. The van der Waals surface area contributed by atoms with E-state index < -0.39 is 173 Å². The second-order valence-corrected chi connectivity index (χ2v) is 15.4. The molecule has 4 fully saturated rings. The minimum atomic E-state index is -2.84. The molecule has 0 radical (unpaired) electrons.